The van der Waals surface area contributed by atoms with Crippen molar-refractivity contribution in [3.05, 3.63) is 42.5 Å². The number of aromatic amines is 1. The third kappa shape index (κ3) is 4.96. The van der Waals surface area contributed by atoms with Gasteiger partial charge in [0.05, 0.1) is 19.1 Å². The number of carbonyl (C=O) groups excluding carboxylic acids is 1. The minimum atomic E-state index is -0.199. The van der Waals surface area contributed by atoms with E-state index in [1.165, 1.54) is 0 Å². The Morgan fingerprint density at radius 3 is 3.12 bits per heavy atom. The van der Waals surface area contributed by atoms with Crippen molar-refractivity contribution in [1.82, 2.24) is 20.2 Å². The van der Waals surface area contributed by atoms with Gasteiger partial charge in [-0.3, -0.25) is 4.90 Å². The Bertz CT molecular complexity index is 674. The van der Waals surface area contributed by atoms with Crippen molar-refractivity contribution >= 4 is 11.7 Å². The molecule has 0 radical (unpaired) electrons. The summed E-state index contributed by atoms with van der Waals surface area (Å²) in [5, 5.41) is 5.83. The number of ether oxygens (including phenoxy) is 1. The lowest BCUT2D eigenvalue weighted by atomic mass is 9.98. The van der Waals surface area contributed by atoms with Gasteiger partial charge in [0, 0.05) is 31.5 Å². The molecule has 2 heterocycles. The van der Waals surface area contributed by atoms with Crippen LogP contribution in [-0.4, -0.2) is 47.6 Å². The summed E-state index contributed by atoms with van der Waals surface area (Å²) in [7, 11) is 1.59. The largest absolute Gasteiger partial charge is 0.495 e. The molecule has 1 fully saturated rings. The van der Waals surface area contributed by atoms with Crippen LogP contribution < -0.4 is 15.4 Å². The first-order valence-corrected chi connectivity index (χ1v) is 8.62. The Balaban J connectivity index is 1.45. The molecular weight excluding hydrogens is 318 g/mol. The van der Waals surface area contributed by atoms with Gasteiger partial charge >= 0.3 is 6.03 Å². The molecule has 3 rings (SSSR count). The maximum atomic E-state index is 12.2. The van der Waals surface area contributed by atoms with Crippen LogP contribution in [0.5, 0.6) is 5.75 Å². The highest BCUT2D eigenvalue weighted by molar-refractivity contribution is 5.90. The number of benzene rings is 1. The fraction of sp³-hybridized carbons (Fsp3) is 0.444. The van der Waals surface area contributed by atoms with Crippen molar-refractivity contribution in [2.75, 3.05) is 32.1 Å². The number of imidazole rings is 1. The fourth-order valence-electron chi connectivity index (χ4n) is 3.23. The number of anilines is 1. The van der Waals surface area contributed by atoms with Gasteiger partial charge in [-0.1, -0.05) is 12.1 Å². The lowest BCUT2D eigenvalue weighted by Crippen LogP contribution is -2.41. The van der Waals surface area contributed by atoms with Gasteiger partial charge in [-0.05, 0) is 37.4 Å². The molecule has 0 aliphatic carbocycles. The third-order valence-electron chi connectivity index (χ3n) is 4.46. The number of urea groups is 1. The van der Waals surface area contributed by atoms with Gasteiger partial charge in [-0.2, -0.15) is 0 Å². The van der Waals surface area contributed by atoms with E-state index in [0.717, 1.165) is 38.2 Å². The number of nitrogens with one attached hydrogen (secondary N) is 3. The van der Waals surface area contributed by atoms with E-state index in [-0.39, 0.29) is 6.03 Å². The highest BCUT2D eigenvalue weighted by atomic mass is 16.5. The maximum absolute atomic E-state index is 12.2. The molecule has 1 aliphatic heterocycles. The van der Waals surface area contributed by atoms with Gasteiger partial charge in [-0.15, -0.1) is 0 Å². The second kappa shape index (κ2) is 8.53. The number of rotatable bonds is 6. The summed E-state index contributed by atoms with van der Waals surface area (Å²) in [5.74, 6) is 1.11. The number of H-pyrrole nitrogens is 1. The molecule has 1 atom stereocenters. The molecule has 7 heteroatoms. The Kier molecular flexibility index (Phi) is 5.90. The van der Waals surface area contributed by atoms with Gasteiger partial charge in [-0.25, -0.2) is 9.78 Å². The molecule has 1 aliphatic rings. The molecule has 0 saturated carbocycles. The number of likely N-dealkylation sites (tertiary alicyclic amines) is 1. The zero-order valence-electron chi connectivity index (χ0n) is 14.5. The van der Waals surface area contributed by atoms with Gasteiger partial charge in [0.15, 0.2) is 0 Å². The number of amides is 2. The summed E-state index contributed by atoms with van der Waals surface area (Å²) in [6.45, 7) is 3.61. The summed E-state index contributed by atoms with van der Waals surface area (Å²) in [5.41, 5.74) is 1.80. The molecular formula is C18H25N5O2. The van der Waals surface area contributed by atoms with Gasteiger partial charge in [0.1, 0.15) is 5.75 Å². The quantitative estimate of drug-likeness (QED) is 0.752. The Morgan fingerprint density at radius 1 is 1.44 bits per heavy atom. The van der Waals surface area contributed by atoms with E-state index >= 15 is 0 Å². The van der Waals surface area contributed by atoms with Crippen molar-refractivity contribution in [2.24, 2.45) is 5.92 Å². The van der Waals surface area contributed by atoms with Crippen LogP contribution in [0.15, 0.2) is 36.8 Å². The molecule has 1 saturated heterocycles. The maximum Gasteiger partial charge on any atom is 0.319 e. The zero-order chi connectivity index (χ0) is 17.5. The van der Waals surface area contributed by atoms with Crippen molar-refractivity contribution in [3.63, 3.8) is 0 Å². The summed E-state index contributed by atoms with van der Waals surface area (Å²) >= 11 is 0. The zero-order valence-corrected chi connectivity index (χ0v) is 14.5. The third-order valence-corrected chi connectivity index (χ3v) is 4.46. The SMILES string of the molecule is COc1ccccc1NC(=O)NC[C@@H]1CCCN(Cc2cnc[nH]2)C1. The average molecular weight is 343 g/mol. The highest BCUT2D eigenvalue weighted by Crippen LogP contribution is 2.23. The predicted molar refractivity (Wildman–Crippen MR) is 96.6 cm³/mol. The van der Waals surface area contributed by atoms with E-state index in [9.17, 15) is 4.79 Å². The van der Waals surface area contributed by atoms with E-state index in [4.69, 9.17) is 4.74 Å². The molecule has 1 aromatic heterocycles. The van der Waals surface area contributed by atoms with E-state index < -0.39 is 0 Å². The first-order valence-electron chi connectivity index (χ1n) is 8.62. The summed E-state index contributed by atoms with van der Waals surface area (Å²) in [6, 6.07) is 7.19. The van der Waals surface area contributed by atoms with Crippen molar-refractivity contribution < 1.29 is 9.53 Å². The number of para-hydroxylation sites is 2. The minimum Gasteiger partial charge on any atom is -0.495 e. The first kappa shape index (κ1) is 17.3. The minimum absolute atomic E-state index is 0.199. The lowest BCUT2D eigenvalue weighted by Gasteiger charge is -2.32. The van der Waals surface area contributed by atoms with Crippen LogP contribution in [-0.2, 0) is 6.54 Å². The first-order chi connectivity index (χ1) is 12.2. The van der Waals surface area contributed by atoms with E-state index in [1.807, 2.05) is 30.5 Å². The normalized spacial score (nSPS) is 17.9. The number of hydrogen-bond donors (Lipinski definition) is 3. The predicted octanol–water partition coefficient (Wildman–Crippen LogP) is 2.45. The molecule has 0 spiro atoms. The summed E-state index contributed by atoms with van der Waals surface area (Å²) in [4.78, 5) is 21.8. The average Bonchev–Trinajstić information content (AvgIpc) is 3.14. The Labute approximate surface area is 147 Å². The van der Waals surface area contributed by atoms with Crippen LogP contribution in [0.2, 0.25) is 0 Å². The number of carbonyl (C=O) groups is 1. The molecule has 2 aromatic rings. The van der Waals surface area contributed by atoms with Crippen molar-refractivity contribution in [2.45, 2.75) is 19.4 Å². The van der Waals surface area contributed by atoms with Crippen LogP contribution in [0.4, 0.5) is 10.5 Å². The molecule has 134 valence electrons. The van der Waals surface area contributed by atoms with E-state index in [2.05, 4.69) is 25.5 Å². The van der Waals surface area contributed by atoms with Gasteiger partial charge in [0.2, 0.25) is 0 Å². The Morgan fingerprint density at radius 2 is 2.32 bits per heavy atom. The van der Waals surface area contributed by atoms with Crippen molar-refractivity contribution in [1.29, 1.82) is 0 Å². The van der Waals surface area contributed by atoms with Gasteiger partial charge in [0.25, 0.3) is 0 Å². The van der Waals surface area contributed by atoms with E-state index in [0.29, 0.717) is 23.9 Å². The van der Waals surface area contributed by atoms with Crippen LogP contribution in [0, 0.1) is 5.92 Å². The molecule has 1 aromatic carbocycles. The molecule has 7 nitrogen and oxygen atoms in total. The van der Waals surface area contributed by atoms with Crippen molar-refractivity contribution in [3.8, 4) is 5.75 Å². The molecule has 25 heavy (non-hydrogen) atoms. The number of hydrogen-bond acceptors (Lipinski definition) is 4. The lowest BCUT2D eigenvalue weighted by molar-refractivity contribution is 0.164. The topological polar surface area (TPSA) is 82.3 Å². The van der Waals surface area contributed by atoms with E-state index in [1.54, 1.807) is 13.4 Å². The molecule has 0 bridgehead atoms. The monoisotopic (exact) mass is 343 g/mol. The second-order valence-electron chi connectivity index (χ2n) is 6.36. The van der Waals surface area contributed by atoms with Crippen LogP contribution in [0.1, 0.15) is 18.5 Å². The Hall–Kier alpha value is -2.54. The highest BCUT2D eigenvalue weighted by Gasteiger charge is 2.21. The second-order valence-corrected chi connectivity index (χ2v) is 6.36. The van der Waals surface area contributed by atoms with Crippen LogP contribution >= 0.6 is 0 Å². The molecule has 0 unspecified atom stereocenters. The number of methoxy groups -OCH3 is 1. The smallest absolute Gasteiger partial charge is 0.319 e. The number of aromatic nitrogens is 2. The number of nitrogens with zero attached hydrogens (tertiary/aromatic N) is 2. The van der Waals surface area contributed by atoms with Crippen LogP contribution in [0.25, 0.3) is 0 Å². The summed E-state index contributed by atoms with van der Waals surface area (Å²) < 4.78 is 5.25. The fourth-order valence-corrected chi connectivity index (χ4v) is 3.23. The molecule has 2 amide bonds. The van der Waals surface area contributed by atoms with Crippen LogP contribution in [0.3, 0.4) is 0 Å². The number of piperidine rings is 1. The summed E-state index contributed by atoms with van der Waals surface area (Å²) in [6.07, 6.45) is 5.85. The van der Waals surface area contributed by atoms with Gasteiger partial charge < -0.3 is 20.4 Å². The molecule has 3 N–H and O–H groups in total. The standard InChI is InChI=1S/C18H25N5O2/c1-25-17-7-3-2-6-16(17)22-18(24)20-9-14-5-4-8-23(11-14)12-15-10-19-13-21-15/h2-3,6-7,10,13-14H,4-5,8-9,11-12H2,1H3,(H,19,21)(H2,20,22,24)/t14-/m0/s1.